The lowest BCUT2D eigenvalue weighted by Crippen LogP contribution is -2.31. The predicted octanol–water partition coefficient (Wildman–Crippen LogP) is 6.31. The van der Waals surface area contributed by atoms with Gasteiger partial charge in [0.1, 0.15) is 6.33 Å². The van der Waals surface area contributed by atoms with Gasteiger partial charge in [0.05, 0.1) is 30.2 Å². The Hall–Kier alpha value is -5.01. The van der Waals surface area contributed by atoms with Gasteiger partial charge < -0.3 is 30.9 Å². The summed E-state index contributed by atoms with van der Waals surface area (Å²) in [5.74, 6) is 0.374. The van der Waals surface area contributed by atoms with Crippen molar-refractivity contribution in [2.24, 2.45) is 0 Å². The van der Waals surface area contributed by atoms with E-state index in [1.807, 2.05) is 60.7 Å². The van der Waals surface area contributed by atoms with E-state index in [0.29, 0.717) is 36.5 Å². The number of aromatic nitrogens is 3. The van der Waals surface area contributed by atoms with Crippen molar-refractivity contribution in [3.05, 3.63) is 126 Å². The van der Waals surface area contributed by atoms with Crippen molar-refractivity contribution < 1.29 is 24.2 Å². The van der Waals surface area contributed by atoms with Crippen molar-refractivity contribution in [3.63, 3.8) is 0 Å². The first-order chi connectivity index (χ1) is 24.4. The third-order valence-corrected chi connectivity index (χ3v) is 9.37. The first-order valence-electron chi connectivity index (χ1n) is 16.5. The molecule has 1 fully saturated rings. The second-order valence-corrected chi connectivity index (χ2v) is 13.1. The van der Waals surface area contributed by atoms with E-state index in [4.69, 9.17) is 15.2 Å². The van der Waals surface area contributed by atoms with Crippen LogP contribution in [0.2, 0.25) is 0 Å². The highest BCUT2D eigenvalue weighted by molar-refractivity contribution is 7.99. The summed E-state index contributed by atoms with van der Waals surface area (Å²) in [6.45, 7) is 0.357. The van der Waals surface area contributed by atoms with Gasteiger partial charge >= 0.3 is 0 Å². The number of nitrogens with zero attached hydrogens (tertiary/aromatic N) is 2. The quantitative estimate of drug-likeness (QED) is 0.0663. The van der Waals surface area contributed by atoms with E-state index < -0.39 is 6.29 Å². The van der Waals surface area contributed by atoms with Crippen LogP contribution >= 0.6 is 11.8 Å². The fraction of sp³-hybridized carbons (Fsp3) is 0.263. The highest BCUT2D eigenvalue weighted by atomic mass is 32.2. The number of nitrogens with one attached hydrogen (secondary N) is 3. The summed E-state index contributed by atoms with van der Waals surface area (Å²) in [6, 6.07) is 31.1. The maximum atomic E-state index is 12.6. The number of aliphatic hydroxyl groups excluding tert-OH is 1. The van der Waals surface area contributed by atoms with E-state index in [9.17, 15) is 14.7 Å². The summed E-state index contributed by atoms with van der Waals surface area (Å²) < 4.78 is 13.1. The summed E-state index contributed by atoms with van der Waals surface area (Å²) in [6.07, 6.45) is 2.14. The van der Waals surface area contributed by atoms with Crippen molar-refractivity contribution in [1.29, 1.82) is 0 Å². The molecule has 0 radical (unpaired) electrons. The van der Waals surface area contributed by atoms with Gasteiger partial charge in [0.2, 0.25) is 11.8 Å². The predicted molar refractivity (Wildman–Crippen MR) is 193 cm³/mol. The fourth-order valence-corrected chi connectivity index (χ4v) is 6.50. The zero-order chi connectivity index (χ0) is 34.7. The fourth-order valence-electron chi connectivity index (χ4n) is 5.71. The summed E-state index contributed by atoms with van der Waals surface area (Å²) >= 11 is 1.55. The molecular weight excluding hydrogens is 653 g/mol. The molecule has 6 rings (SSSR count). The molecule has 12 heteroatoms. The number of hydrogen-bond acceptors (Lipinski definition) is 9. The molecule has 258 valence electrons. The highest BCUT2D eigenvalue weighted by Crippen LogP contribution is 2.40. The number of carbonyl (C=O) groups is 2. The minimum atomic E-state index is -0.596. The SMILES string of the molecule is Nc1ccccc1NC(=O)CCCC(=O)NCc1cccc(-c2cccc(C3OC(CSc4ncn[nH]4)CC(c4ccc(CO)cc4)O3)c2)c1. The molecule has 0 spiro atoms. The van der Waals surface area contributed by atoms with Gasteiger partial charge in [-0.05, 0) is 58.5 Å². The smallest absolute Gasteiger partial charge is 0.224 e. The van der Waals surface area contributed by atoms with Gasteiger partial charge in [-0.15, -0.1) is 0 Å². The van der Waals surface area contributed by atoms with Crippen molar-refractivity contribution in [2.75, 3.05) is 16.8 Å². The van der Waals surface area contributed by atoms with E-state index in [2.05, 4.69) is 37.9 Å². The maximum Gasteiger partial charge on any atom is 0.224 e. The van der Waals surface area contributed by atoms with Gasteiger partial charge in [0.25, 0.3) is 0 Å². The number of hydrogen-bond donors (Lipinski definition) is 5. The van der Waals surface area contributed by atoms with Crippen LogP contribution in [-0.4, -0.2) is 44.0 Å². The van der Waals surface area contributed by atoms with Crippen molar-refractivity contribution >= 4 is 35.0 Å². The van der Waals surface area contributed by atoms with E-state index in [0.717, 1.165) is 38.5 Å². The number of carbonyl (C=O) groups excluding carboxylic acids is 2. The third-order valence-electron chi connectivity index (χ3n) is 8.37. The van der Waals surface area contributed by atoms with Crippen LogP contribution in [0.25, 0.3) is 11.1 Å². The number of nitrogens with two attached hydrogens (primary N) is 1. The van der Waals surface area contributed by atoms with Gasteiger partial charge in [-0.1, -0.05) is 84.6 Å². The molecule has 6 N–H and O–H groups in total. The number of rotatable bonds is 14. The van der Waals surface area contributed by atoms with Crippen LogP contribution in [-0.2, 0) is 32.2 Å². The molecule has 50 heavy (non-hydrogen) atoms. The largest absolute Gasteiger partial charge is 0.397 e. The second kappa shape index (κ2) is 17.1. The van der Waals surface area contributed by atoms with Gasteiger partial charge in [-0.2, -0.15) is 5.10 Å². The average Bonchev–Trinajstić information content (AvgIpc) is 3.68. The summed E-state index contributed by atoms with van der Waals surface area (Å²) in [7, 11) is 0. The monoisotopic (exact) mass is 692 g/mol. The van der Waals surface area contributed by atoms with Crippen LogP contribution in [0.5, 0.6) is 0 Å². The molecule has 1 saturated heterocycles. The summed E-state index contributed by atoms with van der Waals surface area (Å²) in [5.41, 5.74) is 12.7. The van der Waals surface area contributed by atoms with Crippen LogP contribution in [0.1, 0.15) is 60.3 Å². The number of aromatic amines is 1. The highest BCUT2D eigenvalue weighted by Gasteiger charge is 2.32. The number of ether oxygens (including phenoxy) is 2. The number of thioether (sulfide) groups is 1. The normalized spacial score (nSPS) is 17.3. The van der Waals surface area contributed by atoms with Crippen LogP contribution in [0.3, 0.4) is 0 Å². The topological polar surface area (TPSA) is 164 Å². The lowest BCUT2D eigenvalue weighted by Gasteiger charge is -2.36. The Morgan fingerprint density at radius 2 is 1.66 bits per heavy atom. The number of benzene rings is 4. The van der Waals surface area contributed by atoms with Crippen LogP contribution < -0.4 is 16.4 Å². The number of amides is 2. The van der Waals surface area contributed by atoms with Gasteiger partial charge in [-0.25, -0.2) is 4.98 Å². The Balaban J connectivity index is 1.07. The number of anilines is 2. The van der Waals surface area contributed by atoms with Gasteiger partial charge in [0, 0.05) is 37.1 Å². The molecule has 1 aliphatic heterocycles. The number of H-pyrrole nitrogens is 1. The average molecular weight is 693 g/mol. The van der Waals surface area contributed by atoms with Crippen LogP contribution in [0.15, 0.2) is 109 Å². The van der Waals surface area contributed by atoms with Crippen molar-refractivity contribution in [1.82, 2.24) is 20.5 Å². The lowest BCUT2D eigenvalue weighted by atomic mass is 9.99. The van der Waals surface area contributed by atoms with Crippen molar-refractivity contribution in [3.8, 4) is 11.1 Å². The summed E-state index contributed by atoms with van der Waals surface area (Å²) in [4.78, 5) is 29.1. The zero-order valence-electron chi connectivity index (χ0n) is 27.5. The Morgan fingerprint density at radius 3 is 2.44 bits per heavy atom. The van der Waals surface area contributed by atoms with Gasteiger partial charge in [0.15, 0.2) is 11.4 Å². The molecule has 4 aromatic carbocycles. The first kappa shape index (κ1) is 34.8. The molecular formula is C38H40N6O5S. The Bertz CT molecular complexity index is 1870. The molecule has 1 aliphatic rings. The number of nitrogen functional groups attached to an aromatic ring is 1. The van der Waals surface area contributed by atoms with E-state index >= 15 is 0 Å². The molecule has 3 atom stereocenters. The standard InChI is InChI=1S/C38H40N6O5S/c39-32-10-1-2-11-33(32)43-36(47)13-5-12-35(46)40-21-26-6-3-7-28(18-26)29-8-4-9-30(19-29)37-48-31(23-50-38-41-24-42-44-38)20-34(49-37)27-16-14-25(22-45)15-17-27/h1-4,6-11,14-19,24,31,34,37,45H,5,12-13,20-23,39H2,(H,40,46)(H,43,47)(H,41,42,44). The van der Waals surface area contributed by atoms with Gasteiger partial charge in [-0.3, -0.25) is 14.7 Å². The molecule has 0 bridgehead atoms. The molecule has 0 saturated carbocycles. The van der Waals surface area contributed by atoms with E-state index in [1.165, 1.54) is 6.33 Å². The minimum absolute atomic E-state index is 0.0133. The Labute approximate surface area is 295 Å². The minimum Gasteiger partial charge on any atom is -0.397 e. The molecule has 0 aliphatic carbocycles. The molecule has 3 unspecified atom stereocenters. The Morgan fingerprint density at radius 1 is 0.880 bits per heavy atom. The summed E-state index contributed by atoms with van der Waals surface area (Å²) in [5, 5.41) is 22.8. The number of para-hydroxylation sites is 2. The third kappa shape index (κ3) is 9.57. The molecule has 2 amide bonds. The Kier molecular flexibility index (Phi) is 11.9. The van der Waals surface area contributed by atoms with E-state index in [-0.39, 0.29) is 43.5 Å². The first-order valence-corrected chi connectivity index (χ1v) is 17.5. The molecule has 11 nitrogen and oxygen atoms in total. The number of aliphatic hydroxyl groups is 1. The maximum absolute atomic E-state index is 12.6. The zero-order valence-corrected chi connectivity index (χ0v) is 28.3. The molecule has 5 aromatic rings. The van der Waals surface area contributed by atoms with Crippen LogP contribution in [0.4, 0.5) is 11.4 Å². The van der Waals surface area contributed by atoms with Crippen LogP contribution in [0, 0.1) is 0 Å². The van der Waals surface area contributed by atoms with Crippen molar-refractivity contribution in [2.45, 2.75) is 62.5 Å². The second-order valence-electron chi connectivity index (χ2n) is 12.0. The molecule has 2 heterocycles. The lowest BCUT2D eigenvalue weighted by molar-refractivity contribution is -0.245. The molecule has 1 aromatic heterocycles. The van der Waals surface area contributed by atoms with E-state index in [1.54, 1.807) is 36.0 Å².